The third-order valence-corrected chi connectivity index (χ3v) is 6.22. The van der Waals surface area contributed by atoms with Gasteiger partial charge in [0.1, 0.15) is 0 Å². The van der Waals surface area contributed by atoms with E-state index in [1.807, 2.05) is 11.4 Å². The van der Waals surface area contributed by atoms with Gasteiger partial charge in [0, 0.05) is 37.4 Å². The Labute approximate surface area is 155 Å². The Kier molecular flexibility index (Phi) is 4.01. The van der Waals surface area contributed by atoms with E-state index in [4.69, 9.17) is 9.97 Å². The molecule has 0 radical (unpaired) electrons. The van der Waals surface area contributed by atoms with Gasteiger partial charge < -0.3 is 15.3 Å². The highest BCUT2D eigenvalue weighted by Crippen LogP contribution is 2.40. The number of aromatic nitrogens is 4. The van der Waals surface area contributed by atoms with E-state index < -0.39 is 0 Å². The quantitative estimate of drug-likeness (QED) is 0.639. The molecule has 136 valence electrons. The van der Waals surface area contributed by atoms with Crippen LogP contribution in [0.25, 0.3) is 10.2 Å². The fourth-order valence-corrected chi connectivity index (χ4v) is 4.29. The van der Waals surface area contributed by atoms with Crippen LogP contribution in [0.4, 0.5) is 17.6 Å². The summed E-state index contributed by atoms with van der Waals surface area (Å²) in [7, 11) is 0. The lowest BCUT2D eigenvalue weighted by molar-refractivity contribution is 0.202. The predicted molar refractivity (Wildman–Crippen MR) is 103 cm³/mol. The first-order valence-corrected chi connectivity index (χ1v) is 10.1. The highest BCUT2D eigenvalue weighted by Gasteiger charge is 2.26. The summed E-state index contributed by atoms with van der Waals surface area (Å²) in [6.07, 6.45) is 4.46. The molecule has 0 aromatic carbocycles. The fourth-order valence-electron chi connectivity index (χ4n) is 3.52. The highest BCUT2D eigenvalue weighted by atomic mass is 32.1. The molecule has 8 heteroatoms. The Morgan fingerprint density at radius 2 is 2.08 bits per heavy atom. The van der Waals surface area contributed by atoms with Gasteiger partial charge in [0.25, 0.3) is 0 Å². The van der Waals surface area contributed by atoms with E-state index in [2.05, 4.69) is 26.5 Å². The zero-order valence-electron chi connectivity index (χ0n) is 14.5. The molecule has 26 heavy (non-hydrogen) atoms. The molecule has 3 aromatic heterocycles. The summed E-state index contributed by atoms with van der Waals surface area (Å²) in [4.78, 5) is 11.8. The Bertz CT molecular complexity index is 909. The maximum absolute atomic E-state index is 9.35. The average molecular weight is 370 g/mol. The molecule has 2 fully saturated rings. The highest BCUT2D eigenvalue weighted by molar-refractivity contribution is 7.17. The number of nitrogens with zero attached hydrogens (tertiary/aromatic N) is 4. The molecule has 7 nitrogen and oxygen atoms in total. The molecule has 0 bridgehead atoms. The second-order valence-electron chi connectivity index (χ2n) is 7.23. The zero-order valence-corrected chi connectivity index (χ0v) is 15.3. The third kappa shape index (κ3) is 3.03. The summed E-state index contributed by atoms with van der Waals surface area (Å²) in [5, 5.41) is 22.3. The topological polar surface area (TPSA) is 90.0 Å². The van der Waals surface area contributed by atoms with Gasteiger partial charge in [-0.1, -0.05) is 0 Å². The van der Waals surface area contributed by atoms with Crippen LogP contribution in [0.2, 0.25) is 0 Å². The number of piperidine rings is 1. The number of aliphatic hydroxyl groups is 1. The maximum Gasteiger partial charge on any atom is 0.227 e. The van der Waals surface area contributed by atoms with Crippen LogP contribution in [0.5, 0.6) is 0 Å². The molecule has 0 spiro atoms. The summed E-state index contributed by atoms with van der Waals surface area (Å²) < 4.78 is 1.05. The minimum absolute atomic E-state index is 0.271. The van der Waals surface area contributed by atoms with Crippen molar-refractivity contribution in [2.45, 2.75) is 31.6 Å². The van der Waals surface area contributed by atoms with E-state index in [0.29, 0.717) is 11.8 Å². The number of nitrogens with one attached hydrogen (secondary N) is 2. The van der Waals surface area contributed by atoms with Gasteiger partial charge in [-0.15, -0.1) is 11.3 Å². The lowest BCUT2D eigenvalue weighted by Crippen LogP contribution is -2.35. The van der Waals surface area contributed by atoms with Crippen LogP contribution in [0.3, 0.4) is 0 Å². The minimum Gasteiger partial charge on any atom is -0.396 e. The van der Waals surface area contributed by atoms with Crippen LogP contribution in [-0.2, 0) is 0 Å². The minimum atomic E-state index is 0.271. The van der Waals surface area contributed by atoms with Crippen molar-refractivity contribution in [1.82, 2.24) is 20.2 Å². The number of rotatable bonds is 5. The molecule has 3 N–H and O–H groups in total. The number of anilines is 3. The van der Waals surface area contributed by atoms with Crippen molar-refractivity contribution < 1.29 is 5.11 Å². The number of hydrogen-bond acceptors (Lipinski definition) is 7. The molecular formula is C18H22N6OS. The van der Waals surface area contributed by atoms with Gasteiger partial charge in [0.05, 0.1) is 10.2 Å². The summed E-state index contributed by atoms with van der Waals surface area (Å²) in [5.41, 5.74) is 2.17. The van der Waals surface area contributed by atoms with Crippen molar-refractivity contribution in [3.05, 3.63) is 23.2 Å². The molecular weight excluding hydrogens is 348 g/mol. The number of H-pyrrole nitrogens is 1. The molecule has 0 atom stereocenters. The van der Waals surface area contributed by atoms with Crippen molar-refractivity contribution >= 4 is 39.1 Å². The Morgan fingerprint density at radius 1 is 1.23 bits per heavy atom. The van der Waals surface area contributed by atoms with E-state index in [9.17, 15) is 5.11 Å². The Hall–Kier alpha value is -2.19. The van der Waals surface area contributed by atoms with Crippen LogP contribution >= 0.6 is 11.3 Å². The van der Waals surface area contributed by atoms with Gasteiger partial charge in [0.2, 0.25) is 5.95 Å². The van der Waals surface area contributed by atoms with E-state index >= 15 is 0 Å². The predicted octanol–water partition coefficient (Wildman–Crippen LogP) is 3.24. The SMILES string of the molecule is OCC1CCN(c2nc(Nc3cc(C4CC4)[nH]n3)c3sccc3n2)CC1. The zero-order chi connectivity index (χ0) is 17.5. The third-order valence-electron chi connectivity index (χ3n) is 5.31. The molecule has 0 unspecified atom stereocenters. The number of aliphatic hydroxyl groups excluding tert-OH is 1. The number of aromatic amines is 1. The molecule has 1 saturated carbocycles. The summed E-state index contributed by atoms with van der Waals surface area (Å²) in [6.45, 7) is 2.04. The van der Waals surface area contributed by atoms with Crippen LogP contribution in [0.1, 0.15) is 37.3 Å². The summed E-state index contributed by atoms with van der Waals surface area (Å²) >= 11 is 1.64. The molecule has 1 aliphatic carbocycles. The van der Waals surface area contributed by atoms with Crippen molar-refractivity contribution in [2.24, 2.45) is 5.92 Å². The van der Waals surface area contributed by atoms with Crippen LogP contribution in [0, 0.1) is 5.92 Å². The molecule has 5 rings (SSSR count). The van der Waals surface area contributed by atoms with Gasteiger partial charge >= 0.3 is 0 Å². The standard InChI is InChI=1S/C18H22N6OS/c25-10-11-3-6-24(7-4-11)18-19-13-5-8-26-16(13)17(21-18)20-15-9-14(22-23-15)12-1-2-12/h5,8-9,11-12,25H,1-4,6-7,10H2,(H2,19,20,21,22,23). The second kappa shape index (κ2) is 6.51. The lowest BCUT2D eigenvalue weighted by atomic mass is 9.98. The van der Waals surface area contributed by atoms with Gasteiger partial charge in [-0.05, 0) is 43.0 Å². The van der Waals surface area contributed by atoms with E-state index in [0.717, 1.165) is 53.7 Å². The molecule has 1 aliphatic heterocycles. The van der Waals surface area contributed by atoms with Crippen LogP contribution in [-0.4, -0.2) is 45.0 Å². The van der Waals surface area contributed by atoms with Crippen molar-refractivity contribution in [3.63, 3.8) is 0 Å². The lowest BCUT2D eigenvalue weighted by Gasteiger charge is -2.31. The Balaban J connectivity index is 1.43. The first kappa shape index (κ1) is 16.0. The Morgan fingerprint density at radius 3 is 2.85 bits per heavy atom. The summed E-state index contributed by atoms with van der Waals surface area (Å²) in [5.74, 6) is 3.43. The van der Waals surface area contributed by atoms with Crippen LogP contribution < -0.4 is 10.2 Å². The molecule has 4 heterocycles. The second-order valence-corrected chi connectivity index (χ2v) is 8.14. The number of thiophene rings is 1. The normalized spacial score (nSPS) is 18.6. The van der Waals surface area contributed by atoms with Gasteiger partial charge in [-0.25, -0.2) is 4.98 Å². The van der Waals surface area contributed by atoms with E-state index in [1.165, 1.54) is 18.5 Å². The molecule has 3 aromatic rings. The maximum atomic E-state index is 9.35. The molecule has 1 saturated heterocycles. The molecule has 0 amide bonds. The van der Waals surface area contributed by atoms with Gasteiger partial charge in [0.15, 0.2) is 11.6 Å². The van der Waals surface area contributed by atoms with Crippen molar-refractivity contribution in [1.29, 1.82) is 0 Å². The monoisotopic (exact) mass is 370 g/mol. The molecule has 2 aliphatic rings. The van der Waals surface area contributed by atoms with Crippen molar-refractivity contribution in [3.8, 4) is 0 Å². The number of fused-ring (bicyclic) bond motifs is 1. The fraction of sp³-hybridized carbons (Fsp3) is 0.500. The van der Waals surface area contributed by atoms with Crippen molar-refractivity contribution in [2.75, 3.05) is 29.9 Å². The van der Waals surface area contributed by atoms with Crippen LogP contribution in [0.15, 0.2) is 17.5 Å². The van der Waals surface area contributed by atoms with Gasteiger partial charge in [-0.2, -0.15) is 10.1 Å². The van der Waals surface area contributed by atoms with Gasteiger partial charge in [-0.3, -0.25) is 5.10 Å². The van der Waals surface area contributed by atoms with E-state index in [1.54, 1.807) is 11.3 Å². The number of hydrogen-bond donors (Lipinski definition) is 3. The first-order valence-electron chi connectivity index (χ1n) is 9.23. The largest absolute Gasteiger partial charge is 0.396 e. The average Bonchev–Trinajstić information content (AvgIpc) is 3.23. The summed E-state index contributed by atoms with van der Waals surface area (Å²) in [6, 6.07) is 4.13. The van der Waals surface area contributed by atoms with E-state index in [-0.39, 0.29) is 6.61 Å². The smallest absolute Gasteiger partial charge is 0.227 e. The first-order chi connectivity index (χ1) is 12.8.